The Kier molecular flexibility index (Phi) is 4.93. The fraction of sp³-hybridized carbons (Fsp3) is 0.100. The predicted octanol–water partition coefficient (Wildman–Crippen LogP) is 4.07. The summed E-state index contributed by atoms with van der Waals surface area (Å²) in [7, 11) is 0. The summed E-state index contributed by atoms with van der Waals surface area (Å²) in [6.45, 7) is 6.03. The van der Waals surface area contributed by atoms with Gasteiger partial charge in [-0.2, -0.15) is 0 Å². The van der Waals surface area contributed by atoms with Gasteiger partial charge in [-0.1, -0.05) is 18.7 Å². The van der Waals surface area contributed by atoms with Gasteiger partial charge in [-0.25, -0.2) is 13.8 Å². The van der Waals surface area contributed by atoms with Gasteiger partial charge in [0.2, 0.25) is 0 Å². The molecule has 0 spiro atoms. The third kappa shape index (κ3) is 3.85. The molecule has 0 saturated carbocycles. The fourth-order valence-electron chi connectivity index (χ4n) is 2.70. The minimum Gasteiger partial charge on any atom is -0.382 e. The van der Waals surface area contributed by atoms with Crippen LogP contribution in [0.5, 0.6) is 0 Å². The van der Waals surface area contributed by atoms with Crippen LogP contribution < -0.4 is 11.1 Å². The molecule has 0 unspecified atom stereocenters. The topological polar surface area (TPSA) is 63.8 Å². The zero-order valence-corrected chi connectivity index (χ0v) is 14.3. The molecule has 1 heterocycles. The SMILES string of the molecule is C=C(NCc1cc(C)cc(F)c1)c1ccc(-c2nccnc2N)cc1F. The molecule has 6 heteroatoms. The first kappa shape index (κ1) is 17.5. The number of halogens is 2. The largest absolute Gasteiger partial charge is 0.382 e. The molecule has 0 aliphatic rings. The number of hydrogen-bond donors (Lipinski definition) is 2. The van der Waals surface area contributed by atoms with Gasteiger partial charge in [0.25, 0.3) is 0 Å². The number of aryl methyl sites for hydroxylation is 1. The maximum Gasteiger partial charge on any atom is 0.149 e. The third-order valence-electron chi connectivity index (χ3n) is 3.90. The molecule has 2 aromatic carbocycles. The predicted molar refractivity (Wildman–Crippen MR) is 98.8 cm³/mol. The van der Waals surface area contributed by atoms with Gasteiger partial charge in [0.05, 0.1) is 0 Å². The number of nitrogen functional groups attached to an aromatic ring is 1. The zero-order valence-electron chi connectivity index (χ0n) is 14.3. The van der Waals surface area contributed by atoms with Gasteiger partial charge < -0.3 is 11.1 Å². The molecule has 1 aromatic heterocycles. The van der Waals surface area contributed by atoms with E-state index in [-0.39, 0.29) is 11.6 Å². The van der Waals surface area contributed by atoms with Gasteiger partial charge in [-0.3, -0.25) is 4.98 Å². The summed E-state index contributed by atoms with van der Waals surface area (Å²) < 4.78 is 28.0. The van der Waals surface area contributed by atoms with Crippen LogP contribution in [-0.2, 0) is 6.54 Å². The van der Waals surface area contributed by atoms with Crippen molar-refractivity contribution >= 4 is 11.5 Å². The monoisotopic (exact) mass is 352 g/mol. The Morgan fingerprint density at radius 2 is 1.88 bits per heavy atom. The molecule has 0 saturated heterocycles. The van der Waals surface area contributed by atoms with Gasteiger partial charge in [0, 0.05) is 35.8 Å². The third-order valence-corrected chi connectivity index (χ3v) is 3.90. The van der Waals surface area contributed by atoms with E-state index in [1.54, 1.807) is 12.1 Å². The van der Waals surface area contributed by atoms with E-state index in [0.29, 0.717) is 29.1 Å². The quantitative estimate of drug-likeness (QED) is 0.726. The van der Waals surface area contributed by atoms with Crippen LogP contribution in [0.15, 0.2) is 55.4 Å². The van der Waals surface area contributed by atoms with Gasteiger partial charge in [0.15, 0.2) is 0 Å². The van der Waals surface area contributed by atoms with Crippen LogP contribution in [0, 0.1) is 18.6 Å². The summed E-state index contributed by atoms with van der Waals surface area (Å²) in [5.41, 5.74) is 9.05. The lowest BCUT2D eigenvalue weighted by Crippen LogP contribution is -2.12. The molecule has 4 nitrogen and oxygen atoms in total. The maximum absolute atomic E-state index is 14.5. The van der Waals surface area contributed by atoms with E-state index < -0.39 is 5.82 Å². The van der Waals surface area contributed by atoms with Crippen molar-refractivity contribution in [1.82, 2.24) is 15.3 Å². The Balaban J connectivity index is 1.77. The maximum atomic E-state index is 14.5. The molecule has 0 atom stereocenters. The summed E-state index contributed by atoms with van der Waals surface area (Å²) in [6.07, 6.45) is 2.97. The van der Waals surface area contributed by atoms with E-state index in [1.165, 1.54) is 30.6 Å². The first-order chi connectivity index (χ1) is 12.4. The Labute approximate surface area is 150 Å². The minimum absolute atomic E-state index is 0.234. The van der Waals surface area contributed by atoms with E-state index in [4.69, 9.17) is 5.73 Å². The van der Waals surface area contributed by atoms with Gasteiger partial charge >= 0.3 is 0 Å². The van der Waals surface area contributed by atoms with Crippen molar-refractivity contribution in [3.05, 3.63) is 83.7 Å². The van der Waals surface area contributed by atoms with Crippen LogP contribution >= 0.6 is 0 Å². The number of anilines is 1. The molecule has 0 aliphatic heterocycles. The average molecular weight is 352 g/mol. The zero-order chi connectivity index (χ0) is 18.7. The summed E-state index contributed by atoms with van der Waals surface area (Å²) in [6, 6.07) is 9.40. The lowest BCUT2D eigenvalue weighted by molar-refractivity contribution is 0.619. The van der Waals surface area contributed by atoms with Crippen LogP contribution in [0.4, 0.5) is 14.6 Å². The Morgan fingerprint density at radius 1 is 1.12 bits per heavy atom. The summed E-state index contributed by atoms with van der Waals surface area (Å²) in [5, 5.41) is 3.03. The van der Waals surface area contributed by atoms with Crippen molar-refractivity contribution in [3.63, 3.8) is 0 Å². The second-order valence-electron chi connectivity index (χ2n) is 5.95. The summed E-state index contributed by atoms with van der Waals surface area (Å²) >= 11 is 0. The Bertz CT molecular complexity index is 950. The number of aromatic nitrogens is 2. The van der Waals surface area contributed by atoms with E-state index >= 15 is 0 Å². The Morgan fingerprint density at radius 3 is 2.58 bits per heavy atom. The number of nitrogens with one attached hydrogen (secondary N) is 1. The van der Waals surface area contributed by atoms with Crippen LogP contribution in [0.2, 0.25) is 0 Å². The highest BCUT2D eigenvalue weighted by Crippen LogP contribution is 2.25. The number of benzene rings is 2. The van der Waals surface area contributed by atoms with Crippen molar-refractivity contribution in [1.29, 1.82) is 0 Å². The van der Waals surface area contributed by atoms with E-state index in [1.807, 2.05) is 13.0 Å². The molecule has 0 bridgehead atoms. The van der Waals surface area contributed by atoms with E-state index in [2.05, 4.69) is 21.9 Å². The summed E-state index contributed by atoms with van der Waals surface area (Å²) in [5.74, 6) is -0.525. The second kappa shape index (κ2) is 7.31. The first-order valence-corrected chi connectivity index (χ1v) is 7.99. The molecule has 3 aromatic rings. The highest BCUT2D eigenvalue weighted by molar-refractivity contribution is 5.72. The van der Waals surface area contributed by atoms with Crippen LogP contribution in [0.3, 0.4) is 0 Å². The normalized spacial score (nSPS) is 10.6. The van der Waals surface area contributed by atoms with Crippen LogP contribution in [0.25, 0.3) is 17.0 Å². The number of rotatable bonds is 5. The van der Waals surface area contributed by atoms with Crippen molar-refractivity contribution in [2.45, 2.75) is 13.5 Å². The van der Waals surface area contributed by atoms with Gasteiger partial charge in [-0.05, 0) is 42.3 Å². The van der Waals surface area contributed by atoms with Crippen molar-refractivity contribution in [2.75, 3.05) is 5.73 Å². The molecule has 0 aliphatic carbocycles. The fourth-order valence-corrected chi connectivity index (χ4v) is 2.70. The second-order valence-corrected chi connectivity index (χ2v) is 5.95. The van der Waals surface area contributed by atoms with Crippen molar-refractivity contribution < 1.29 is 8.78 Å². The molecule has 0 fully saturated rings. The van der Waals surface area contributed by atoms with Crippen molar-refractivity contribution in [3.8, 4) is 11.3 Å². The molecular formula is C20H18F2N4. The van der Waals surface area contributed by atoms with Crippen LogP contribution in [-0.4, -0.2) is 9.97 Å². The molecular weight excluding hydrogens is 334 g/mol. The lowest BCUT2D eigenvalue weighted by Gasteiger charge is -2.12. The number of hydrogen-bond acceptors (Lipinski definition) is 4. The van der Waals surface area contributed by atoms with E-state index in [9.17, 15) is 8.78 Å². The number of nitrogens with two attached hydrogens (primary N) is 1. The Hall–Kier alpha value is -3.28. The van der Waals surface area contributed by atoms with E-state index in [0.717, 1.165) is 11.1 Å². The van der Waals surface area contributed by atoms with Gasteiger partial charge in [-0.15, -0.1) is 0 Å². The standard InChI is InChI=1S/C20H18F2N4/c1-12-7-14(9-16(21)8-12)11-26-13(2)17-4-3-15(10-18(17)22)19-20(23)25-6-5-24-19/h3-10,26H,2,11H2,1H3,(H2,23,25). The minimum atomic E-state index is -0.458. The molecule has 0 radical (unpaired) electrons. The lowest BCUT2D eigenvalue weighted by atomic mass is 10.1. The molecule has 26 heavy (non-hydrogen) atoms. The smallest absolute Gasteiger partial charge is 0.149 e. The van der Waals surface area contributed by atoms with Crippen molar-refractivity contribution in [2.24, 2.45) is 0 Å². The average Bonchev–Trinajstić information content (AvgIpc) is 2.59. The van der Waals surface area contributed by atoms with Gasteiger partial charge in [0.1, 0.15) is 23.1 Å². The number of nitrogens with zero attached hydrogens (tertiary/aromatic N) is 2. The highest BCUT2D eigenvalue weighted by atomic mass is 19.1. The molecule has 3 N–H and O–H groups in total. The summed E-state index contributed by atoms with van der Waals surface area (Å²) in [4.78, 5) is 8.08. The molecule has 3 rings (SSSR count). The molecule has 0 amide bonds. The first-order valence-electron chi connectivity index (χ1n) is 7.99. The molecule has 132 valence electrons. The highest BCUT2D eigenvalue weighted by Gasteiger charge is 2.11. The van der Waals surface area contributed by atoms with Crippen LogP contribution in [0.1, 0.15) is 16.7 Å².